The van der Waals surface area contributed by atoms with Gasteiger partial charge in [0.05, 0.1) is 0 Å². The van der Waals surface area contributed by atoms with Crippen molar-refractivity contribution in [2.75, 3.05) is 0 Å². The summed E-state index contributed by atoms with van der Waals surface area (Å²) in [6.07, 6.45) is 8.04. The van der Waals surface area contributed by atoms with Crippen LogP contribution in [-0.2, 0) is 11.3 Å². The number of fused-ring (bicyclic) bond motifs is 1. The second-order valence-corrected chi connectivity index (χ2v) is 6.46. The molecule has 106 valence electrons. The summed E-state index contributed by atoms with van der Waals surface area (Å²) in [7, 11) is 0. The third-order valence-corrected chi connectivity index (χ3v) is 4.51. The van der Waals surface area contributed by atoms with Gasteiger partial charge in [-0.2, -0.15) is 0 Å². The second kappa shape index (κ2) is 6.00. The maximum absolute atomic E-state index is 12.1. The van der Waals surface area contributed by atoms with Crippen LogP contribution in [0.3, 0.4) is 0 Å². The molecule has 4 heteroatoms. The van der Waals surface area contributed by atoms with Crippen LogP contribution in [0.1, 0.15) is 32.1 Å². The van der Waals surface area contributed by atoms with E-state index in [1.807, 2.05) is 29.0 Å². The van der Waals surface area contributed by atoms with E-state index < -0.39 is 0 Å². The number of nitrogens with one attached hydrogen (secondary N) is 1. The van der Waals surface area contributed by atoms with Gasteiger partial charge in [0, 0.05) is 27.6 Å². The molecule has 1 aliphatic rings. The normalized spacial score (nSPS) is 16.4. The molecule has 1 heterocycles. The number of rotatable bonds is 3. The van der Waals surface area contributed by atoms with Crippen LogP contribution in [0.15, 0.2) is 34.9 Å². The number of hydrogen-bond donors (Lipinski definition) is 1. The first-order chi connectivity index (χ1) is 9.72. The lowest BCUT2D eigenvalue weighted by molar-refractivity contribution is -0.122. The zero-order valence-corrected chi connectivity index (χ0v) is 13.0. The number of benzene rings is 1. The molecule has 1 amide bonds. The van der Waals surface area contributed by atoms with E-state index in [-0.39, 0.29) is 5.91 Å². The molecule has 1 fully saturated rings. The standard InChI is InChI=1S/C16H19BrN2O/c17-13-6-7-15-12(10-13)8-9-19(15)11-16(20)18-14-4-2-1-3-5-14/h6-10,14H,1-5,11H2,(H,18,20). The van der Waals surface area contributed by atoms with Gasteiger partial charge in [-0.3, -0.25) is 4.79 Å². The van der Waals surface area contributed by atoms with Gasteiger partial charge in [0.25, 0.3) is 0 Å². The van der Waals surface area contributed by atoms with E-state index in [2.05, 4.69) is 27.3 Å². The number of nitrogens with zero attached hydrogens (tertiary/aromatic N) is 1. The summed E-state index contributed by atoms with van der Waals surface area (Å²) < 4.78 is 3.08. The van der Waals surface area contributed by atoms with E-state index in [9.17, 15) is 4.79 Å². The van der Waals surface area contributed by atoms with E-state index in [0.717, 1.165) is 28.2 Å². The van der Waals surface area contributed by atoms with E-state index in [1.165, 1.54) is 19.3 Å². The Hall–Kier alpha value is -1.29. The number of carbonyl (C=O) groups is 1. The highest BCUT2D eigenvalue weighted by Gasteiger charge is 2.16. The molecular weight excluding hydrogens is 316 g/mol. The van der Waals surface area contributed by atoms with Gasteiger partial charge >= 0.3 is 0 Å². The number of amides is 1. The van der Waals surface area contributed by atoms with Gasteiger partial charge < -0.3 is 9.88 Å². The maximum Gasteiger partial charge on any atom is 0.240 e. The number of carbonyl (C=O) groups excluding carboxylic acids is 1. The lowest BCUT2D eigenvalue weighted by Gasteiger charge is -2.22. The van der Waals surface area contributed by atoms with Crippen LogP contribution in [0.25, 0.3) is 10.9 Å². The van der Waals surface area contributed by atoms with Crippen LogP contribution in [0.5, 0.6) is 0 Å². The van der Waals surface area contributed by atoms with Gasteiger partial charge in [0.15, 0.2) is 0 Å². The molecule has 1 aromatic carbocycles. The van der Waals surface area contributed by atoms with Gasteiger partial charge in [-0.05, 0) is 37.1 Å². The molecule has 0 bridgehead atoms. The first-order valence-corrected chi connectivity index (χ1v) is 8.05. The Morgan fingerprint density at radius 2 is 2.05 bits per heavy atom. The molecule has 0 aliphatic heterocycles. The Balaban J connectivity index is 1.67. The Labute approximate surface area is 127 Å². The molecule has 1 N–H and O–H groups in total. The average molecular weight is 335 g/mol. The third-order valence-electron chi connectivity index (χ3n) is 4.02. The van der Waals surface area contributed by atoms with Gasteiger partial charge in [-0.1, -0.05) is 35.2 Å². The summed E-state index contributed by atoms with van der Waals surface area (Å²) in [6.45, 7) is 0.404. The monoisotopic (exact) mass is 334 g/mol. The van der Waals surface area contributed by atoms with Crippen molar-refractivity contribution < 1.29 is 4.79 Å². The predicted molar refractivity (Wildman–Crippen MR) is 84.7 cm³/mol. The highest BCUT2D eigenvalue weighted by molar-refractivity contribution is 9.10. The molecule has 20 heavy (non-hydrogen) atoms. The molecule has 3 rings (SSSR count). The average Bonchev–Trinajstić information content (AvgIpc) is 2.82. The summed E-state index contributed by atoms with van der Waals surface area (Å²) in [5.74, 6) is 0.123. The van der Waals surface area contributed by atoms with Crippen LogP contribution in [0.4, 0.5) is 0 Å². The molecule has 0 radical (unpaired) electrons. The minimum Gasteiger partial charge on any atom is -0.352 e. The smallest absolute Gasteiger partial charge is 0.240 e. The van der Waals surface area contributed by atoms with E-state index >= 15 is 0 Å². The molecule has 3 nitrogen and oxygen atoms in total. The number of hydrogen-bond acceptors (Lipinski definition) is 1. The molecule has 0 spiro atoms. The van der Waals surface area contributed by atoms with Crippen LogP contribution < -0.4 is 5.32 Å². The molecular formula is C16H19BrN2O. The first kappa shape index (κ1) is 13.7. The van der Waals surface area contributed by atoms with Crippen molar-refractivity contribution in [2.45, 2.75) is 44.7 Å². The van der Waals surface area contributed by atoms with Crippen LogP contribution in [0, 0.1) is 0 Å². The lowest BCUT2D eigenvalue weighted by atomic mass is 9.95. The highest BCUT2D eigenvalue weighted by Crippen LogP contribution is 2.21. The predicted octanol–water partition coefficient (Wildman–Crippen LogP) is 3.85. The first-order valence-electron chi connectivity index (χ1n) is 7.26. The van der Waals surface area contributed by atoms with Crippen molar-refractivity contribution in [3.63, 3.8) is 0 Å². The van der Waals surface area contributed by atoms with E-state index in [4.69, 9.17) is 0 Å². The Kier molecular flexibility index (Phi) is 4.10. The molecule has 0 saturated heterocycles. The summed E-state index contributed by atoms with van der Waals surface area (Å²) in [4.78, 5) is 12.1. The number of halogens is 1. The zero-order valence-electron chi connectivity index (χ0n) is 11.4. The van der Waals surface area contributed by atoms with E-state index in [0.29, 0.717) is 12.6 Å². The Morgan fingerprint density at radius 3 is 2.85 bits per heavy atom. The Morgan fingerprint density at radius 1 is 1.25 bits per heavy atom. The van der Waals surface area contributed by atoms with Gasteiger partial charge in [0.1, 0.15) is 6.54 Å². The molecule has 0 atom stereocenters. The molecule has 1 aliphatic carbocycles. The van der Waals surface area contributed by atoms with Gasteiger partial charge in [0.2, 0.25) is 5.91 Å². The van der Waals surface area contributed by atoms with Crippen molar-refractivity contribution in [3.8, 4) is 0 Å². The van der Waals surface area contributed by atoms with Crippen molar-refractivity contribution in [1.82, 2.24) is 9.88 Å². The molecule has 1 aromatic heterocycles. The minimum atomic E-state index is 0.123. The van der Waals surface area contributed by atoms with Gasteiger partial charge in [-0.25, -0.2) is 0 Å². The second-order valence-electron chi connectivity index (χ2n) is 5.55. The summed E-state index contributed by atoms with van der Waals surface area (Å²) in [5.41, 5.74) is 1.10. The lowest BCUT2D eigenvalue weighted by Crippen LogP contribution is -2.38. The molecule has 0 unspecified atom stereocenters. The highest BCUT2D eigenvalue weighted by atomic mass is 79.9. The zero-order chi connectivity index (χ0) is 13.9. The summed E-state index contributed by atoms with van der Waals surface area (Å²) in [5, 5.41) is 4.32. The van der Waals surface area contributed by atoms with Crippen molar-refractivity contribution in [2.24, 2.45) is 0 Å². The fourth-order valence-electron chi connectivity index (χ4n) is 2.98. The maximum atomic E-state index is 12.1. The largest absolute Gasteiger partial charge is 0.352 e. The third kappa shape index (κ3) is 3.06. The molecule has 1 saturated carbocycles. The van der Waals surface area contributed by atoms with Crippen LogP contribution in [-0.4, -0.2) is 16.5 Å². The quantitative estimate of drug-likeness (QED) is 0.908. The van der Waals surface area contributed by atoms with E-state index in [1.54, 1.807) is 0 Å². The minimum absolute atomic E-state index is 0.123. The van der Waals surface area contributed by atoms with Gasteiger partial charge in [-0.15, -0.1) is 0 Å². The topological polar surface area (TPSA) is 34.0 Å². The van der Waals surface area contributed by atoms with Crippen LogP contribution >= 0.6 is 15.9 Å². The number of aromatic nitrogens is 1. The SMILES string of the molecule is O=C(Cn1ccc2cc(Br)ccc21)NC1CCCCC1. The van der Waals surface area contributed by atoms with Crippen molar-refractivity contribution >= 4 is 32.7 Å². The Bertz CT molecular complexity index is 614. The van der Waals surface area contributed by atoms with Crippen LogP contribution in [0.2, 0.25) is 0 Å². The summed E-state index contributed by atoms with van der Waals surface area (Å²) in [6, 6.07) is 8.57. The van der Waals surface area contributed by atoms with Crippen molar-refractivity contribution in [3.05, 3.63) is 34.9 Å². The molecule has 2 aromatic rings. The van der Waals surface area contributed by atoms with Crippen molar-refractivity contribution in [1.29, 1.82) is 0 Å². The fraction of sp³-hybridized carbons (Fsp3) is 0.438. The fourth-order valence-corrected chi connectivity index (χ4v) is 3.36. The summed E-state index contributed by atoms with van der Waals surface area (Å²) >= 11 is 3.47.